The molecule has 2 aliphatic rings. The van der Waals surface area contributed by atoms with Crippen LogP contribution in [0.15, 0.2) is 30.3 Å². The number of halogens is 2. The van der Waals surface area contributed by atoms with E-state index in [1.807, 2.05) is 25.2 Å². The predicted molar refractivity (Wildman–Crippen MR) is 116 cm³/mol. The average Bonchev–Trinajstić information content (AvgIpc) is 2.65. The molecule has 1 amide bonds. The third-order valence-corrected chi connectivity index (χ3v) is 5.67. The van der Waals surface area contributed by atoms with Crippen LogP contribution in [0.3, 0.4) is 0 Å². The van der Waals surface area contributed by atoms with Crippen molar-refractivity contribution in [1.29, 1.82) is 0 Å². The highest BCUT2D eigenvalue weighted by Gasteiger charge is 2.34. The Morgan fingerprint density at radius 1 is 1.04 bits per heavy atom. The summed E-state index contributed by atoms with van der Waals surface area (Å²) in [6.07, 6.45) is 2.22. The number of carbonyl (C=O) groups is 1. The molecule has 2 heterocycles. The lowest BCUT2D eigenvalue weighted by molar-refractivity contribution is -0.139. The topological polar surface area (TPSA) is 38.8 Å². The van der Waals surface area contributed by atoms with Crippen molar-refractivity contribution in [3.05, 3.63) is 35.9 Å². The fraction of sp³-hybridized carbons (Fsp3) is 0.650. The summed E-state index contributed by atoms with van der Waals surface area (Å²) in [5.41, 5.74) is 1.13. The lowest BCUT2D eigenvalue weighted by Gasteiger charge is -2.41. The fourth-order valence-corrected chi connectivity index (χ4v) is 4.04. The molecule has 2 fully saturated rings. The number of nitrogens with one attached hydrogen (secondary N) is 1. The van der Waals surface area contributed by atoms with Crippen LogP contribution in [0, 0.1) is 5.92 Å². The van der Waals surface area contributed by atoms with E-state index in [1.165, 1.54) is 0 Å². The summed E-state index contributed by atoms with van der Waals surface area (Å²) < 4.78 is 0. The monoisotopic (exact) mass is 416 g/mol. The van der Waals surface area contributed by atoms with Gasteiger partial charge in [0, 0.05) is 39.3 Å². The number of piperidine rings is 1. The van der Waals surface area contributed by atoms with Gasteiger partial charge in [0.25, 0.3) is 0 Å². The molecule has 154 valence electrons. The number of nitrogens with zero attached hydrogens (tertiary/aromatic N) is 3. The smallest absolute Gasteiger partial charge is 0.244 e. The van der Waals surface area contributed by atoms with Crippen LogP contribution in [0.4, 0.5) is 0 Å². The molecule has 1 N–H and O–H groups in total. The first-order valence-electron chi connectivity index (χ1n) is 9.60. The Bertz CT molecular complexity index is 544. The van der Waals surface area contributed by atoms with Gasteiger partial charge < -0.3 is 15.1 Å². The van der Waals surface area contributed by atoms with E-state index in [4.69, 9.17) is 0 Å². The third-order valence-electron chi connectivity index (χ3n) is 5.67. The number of hydrogen-bond acceptors (Lipinski definition) is 4. The molecule has 0 aliphatic carbocycles. The standard InChI is InChI=1S/C20H32N4O.2ClH/c1-21-16-17-8-10-24(11-9-17)20(25)19(18-6-4-3-5-7-18)23-14-12-22(2)13-15-23;;/h3-7,17,19,21H,8-16H2,1-2H3;2*1H. The van der Waals surface area contributed by atoms with Gasteiger partial charge in [0.1, 0.15) is 6.04 Å². The summed E-state index contributed by atoms with van der Waals surface area (Å²) >= 11 is 0. The normalized spacial score (nSPS) is 20.4. The van der Waals surface area contributed by atoms with Crippen LogP contribution in [-0.4, -0.2) is 80.5 Å². The van der Waals surface area contributed by atoms with Crippen LogP contribution < -0.4 is 5.32 Å². The first kappa shape index (κ1) is 24.2. The van der Waals surface area contributed by atoms with E-state index in [0.717, 1.165) is 64.2 Å². The van der Waals surface area contributed by atoms with Gasteiger partial charge in [-0.2, -0.15) is 0 Å². The number of likely N-dealkylation sites (tertiary alicyclic amines) is 1. The minimum absolute atomic E-state index is 0. The van der Waals surface area contributed by atoms with Crippen LogP contribution in [0.25, 0.3) is 0 Å². The Kier molecular flexibility index (Phi) is 10.6. The lowest BCUT2D eigenvalue weighted by Crippen LogP contribution is -2.52. The Morgan fingerprint density at radius 3 is 2.19 bits per heavy atom. The van der Waals surface area contributed by atoms with Gasteiger partial charge >= 0.3 is 0 Å². The molecule has 27 heavy (non-hydrogen) atoms. The highest BCUT2D eigenvalue weighted by molar-refractivity contribution is 5.85. The van der Waals surface area contributed by atoms with E-state index in [-0.39, 0.29) is 30.9 Å². The van der Waals surface area contributed by atoms with E-state index in [0.29, 0.717) is 11.8 Å². The molecule has 0 aromatic heterocycles. The number of likely N-dealkylation sites (N-methyl/N-ethyl adjacent to an activating group) is 1. The quantitative estimate of drug-likeness (QED) is 0.798. The van der Waals surface area contributed by atoms with Crippen molar-refractivity contribution in [1.82, 2.24) is 20.0 Å². The second-order valence-electron chi connectivity index (χ2n) is 7.48. The first-order chi connectivity index (χ1) is 12.2. The molecular weight excluding hydrogens is 383 g/mol. The number of benzene rings is 1. The van der Waals surface area contributed by atoms with E-state index < -0.39 is 0 Å². The molecule has 1 atom stereocenters. The van der Waals surface area contributed by atoms with Gasteiger partial charge in [-0.15, -0.1) is 24.8 Å². The summed E-state index contributed by atoms with van der Waals surface area (Å²) in [4.78, 5) is 20.2. The molecule has 1 aromatic rings. The van der Waals surface area contributed by atoms with Gasteiger partial charge in [-0.3, -0.25) is 9.69 Å². The largest absolute Gasteiger partial charge is 0.341 e. The molecule has 0 spiro atoms. The molecule has 0 bridgehead atoms. The van der Waals surface area contributed by atoms with Crippen LogP contribution in [0.2, 0.25) is 0 Å². The number of hydrogen-bond donors (Lipinski definition) is 1. The molecule has 0 saturated carbocycles. The van der Waals surface area contributed by atoms with Gasteiger partial charge in [-0.25, -0.2) is 0 Å². The zero-order chi connectivity index (χ0) is 17.6. The number of carbonyl (C=O) groups excluding carboxylic acids is 1. The van der Waals surface area contributed by atoms with Crippen LogP contribution in [0.1, 0.15) is 24.4 Å². The Hall–Kier alpha value is -0.850. The minimum atomic E-state index is -0.129. The van der Waals surface area contributed by atoms with Gasteiger partial charge in [0.05, 0.1) is 0 Å². The molecule has 2 aliphatic heterocycles. The molecule has 1 unspecified atom stereocenters. The zero-order valence-electron chi connectivity index (χ0n) is 16.5. The van der Waals surface area contributed by atoms with Crippen molar-refractivity contribution < 1.29 is 4.79 Å². The van der Waals surface area contributed by atoms with Gasteiger partial charge in [0.2, 0.25) is 5.91 Å². The average molecular weight is 417 g/mol. The fourth-order valence-electron chi connectivity index (χ4n) is 4.04. The van der Waals surface area contributed by atoms with Gasteiger partial charge in [-0.1, -0.05) is 30.3 Å². The summed E-state index contributed by atoms with van der Waals surface area (Å²) in [6.45, 7) is 6.81. The van der Waals surface area contributed by atoms with Crippen molar-refractivity contribution in [2.24, 2.45) is 5.92 Å². The van der Waals surface area contributed by atoms with Gasteiger partial charge in [0.15, 0.2) is 0 Å². The Balaban J connectivity index is 0.00000182. The van der Waals surface area contributed by atoms with Crippen LogP contribution in [-0.2, 0) is 4.79 Å². The van der Waals surface area contributed by atoms with E-state index >= 15 is 0 Å². The highest BCUT2D eigenvalue weighted by atomic mass is 35.5. The predicted octanol–water partition coefficient (Wildman–Crippen LogP) is 2.28. The molecule has 5 nitrogen and oxygen atoms in total. The van der Waals surface area contributed by atoms with Crippen LogP contribution in [0.5, 0.6) is 0 Å². The van der Waals surface area contributed by atoms with Crippen molar-refractivity contribution in [2.45, 2.75) is 18.9 Å². The zero-order valence-corrected chi connectivity index (χ0v) is 18.1. The molecular formula is C20H34Cl2N4O. The summed E-state index contributed by atoms with van der Waals surface area (Å²) in [6, 6.07) is 10.2. The van der Waals surface area contributed by atoms with Crippen LogP contribution >= 0.6 is 24.8 Å². The molecule has 2 saturated heterocycles. The number of rotatable bonds is 5. The highest BCUT2D eigenvalue weighted by Crippen LogP contribution is 2.27. The second kappa shape index (κ2) is 11.9. The summed E-state index contributed by atoms with van der Waals surface area (Å²) in [5.74, 6) is 0.992. The first-order valence-corrected chi connectivity index (χ1v) is 9.60. The van der Waals surface area contributed by atoms with E-state index in [9.17, 15) is 4.79 Å². The lowest BCUT2D eigenvalue weighted by atomic mass is 9.95. The second-order valence-corrected chi connectivity index (χ2v) is 7.48. The summed E-state index contributed by atoms with van der Waals surface area (Å²) in [7, 11) is 4.17. The molecule has 0 radical (unpaired) electrons. The number of piperazine rings is 1. The van der Waals surface area contributed by atoms with Crippen molar-refractivity contribution in [2.75, 3.05) is 59.9 Å². The maximum atomic E-state index is 13.4. The Labute approximate surface area is 176 Å². The van der Waals surface area contributed by atoms with E-state index in [1.54, 1.807) is 0 Å². The van der Waals surface area contributed by atoms with Crippen molar-refractivity contribution in [3.63, 3.8) is 0 Å². The third kappa shape index (κ3) is 6.33. The van der Waals surface area contributed by atoms with Gasteiger partial charge in [-0.05, 0) is 45.0 Å². The SMILES string of the molecule is CNCC1CCN(C(=O)C(c2ccccc2)N2CCN(C)CC2)CC1.Cl.Cl. The maximum Gasteiger partial charge on any atom is 0.244 e. The Morgan fingerprint density at radius 2 is 1.63 bits per heavy atom. The number of amides is 1. The molecule has 7 heteroatoms. The van der Waals surface area contributed by atoms with E-state index in [2.05, 4.69) is 39.2 Å². The van der Waals surface area contributed by atoms with Crippen molar-refractivity contribution >= 4 is 30.7 Å². The molecule has 3 rings (SSSR count). The summed E-state index contributed by atoms with van der Waals surface area (Å²) in [5, 5.41) is 3.27. The van der Waals surface area contributed by atoms with Crippen molar-refractivity contribution in [3.8, 4) is 0 Å². The minimum Gasteiger partial charge on any atom is -0.341 e. The molecule has 1 aromatic carbocycles. The maximum absolute atomic E-state index is 13.4.